The molecular weight excluding hydrogens is 283 g/mol. The monoisotopic (exact) mass is 294 g/mol. The van der Waals surface area contributed by atoms with Crippen molar-refractivity contribution in [1.29, 1.82) is 0 Å². The van der Waals surface area contributed by atoms with Crippen LogP contribution in [0.1, 0.15) is 25.7 Å². The average Bonchev–Trinajstić information content (AvgIpc) is 2.14. The van der Waals surface area contributed by atoms with Gasteiger partial charge in [-0.15, -0.1) is 0 Å². The molecule has 9 heteroatoms. The molecule has 0 N–H and O–H groups in total. The van der Waals surface area contributed by atoms with E-state index in [1.165, 1.54) is 0 Å². The van der Waals surface area contributed by atoms with Crippen molar-refractivity contribution in [3.63, 3.8) is 0 Å². The lowest BCUT2D eigenvalue weighted by Gasteiger charge is -2.28. The molecule has 0 aromatic rings. The Bertz CT molecular complexity index is 416. The van der Waals surface area contributed by atoms with Gasteiger partial charge >= 0.3 is 15.6 Å². The zero-order chi connectivity index (χ0) is 14.2. The number of rotatable bonds is 3. The van der Waals surface area contributed by atoms with E-state index in [2.05, 4.69) is 10.8 Å². The molecule has 0 spiro atoms. The van der Waals surface area contributed by atoms with Crippen LogP contribution >= 0.6 is 0 Å². The second-order valence-corrected chi connectivity index (χ2v) is 5.62. The lowest BCUT2D eigenvalue weighted by molar-refractivity contribution is -0.0565. The van der Waals surface area contributed by atoms with E-state index in [1.54, 1.807) is 0 Å². The number of hydrogen-bond donors (Lipinski definition) is 0. The first-order valence-electron chi connectivity index (χ1n) is 5.02. The fraction of sp³-hybridized carbons (Fsp3) is 0.778. The first-order valence-corrected chi connectivity index (χ1v) is 6.43. The van der Waals surface area contributed by atoms with E-state index in [4.69, 9.17) is 0 Å². The van der Waals surface area contributed by atoms with Gasteiger partial charge in [-0.1, -0.05) is 6.58 Å². The topological polar surface area (TPSA) is 43.4 Å². The lowest BCUT2D eigenvalue weighted by Crippen LogP contribution is -2.29. The summed E-state index contributed by atoms with van der Waals surface area (Å²) in [4.78, 5) is 0. The van der Waals surface area contributed by atoms with Crippen LogP contribution in [0.25, 0.3) is 0 Å². The molecule has 0 bridgehead atoms. The standard InChI is InChI=1S/C9H11F5O3S/c1-6(17-18(15,16)9(12,13)14)7-2-4-8(10,11)5-3-7/h7H,1-5H2. The van der Waals surface area contributed by atoms with Crippen molar-refractivity contribution >= 4 is 10.1 Å². The van der Waals surface area contributed by atoms with E-state index in [0.29, 0.717) is 0 Å². The van der Waals surface area contributed by atoms with Gasteiger partial charge in [0.15, 0.2) is 0 Å². The third-order valence-electron chi connectivity index (χ3n) is 2.67. The Hall–Kier alpha value is -0.860. The predicted molar refractivity (Wildman–Crippen MR) is 52.1 cm³/mol. The Kier molecular flexibility index (Phi) is 3.94. The summed E-state index contributed by atoms with van der Waals surface area (Å²) in [5.74, 6) is -4.30. The maximum absolute atomic E-state index is 12.8. The maximum atomic E-state index is 12.8. The van der Waals surface area contributed by atoms with Crippen molar-refractivity contribution in [1.82, 2.24) is 0 Å². The minimum Gasteiger partial charge on any atom is -0.381 e. The molecule has 1 aliphatic rings. The van der Waals surface area contributed by atoms with E-state index >= 15 is 0 Å². The van der Waals surface area contributed by atoms with Crippen molar-refractivity contribution in [2.45, 2.75) is 37.1 Å². The number of halogens is 5. The number of alkyl halides is 5. The van der Waals surface area contributed by atoms with Gasteiger partial charge in [-0.25, -0.2) is 8.78 Å². The Morgan fingerprint density at radius 1 is 1.22 bits per heavy atom. The molecular formula is C9H11F5O3S. The van der Waals surface area contributed by atoms with Gasteiger partial charge < -0.3 is 4.18 Å². The summed E-state index contributed by atoms with van der Waals surface area (Å²) in [6.45, 7) is 3.08. The Labute approximate surface area is 101 Å². The van der Waals surface area contributed by atoms with Crippen LogP contribution in [0.5, 0.6) is 0 Å². The molecule has 1 fully saturated rings. The molecule has 0 aromatic carbocycles. The summed E-state index contributed by atoms with van der Waals surface area (Å²) in [5.41, 5.74) is -5.55. The highest BCUT2D eigenvalue weighted by Crippen LogP contribution is 2.40. The Morgan fingerprint density at radius 2 is 1.67 bits per heavy atom. The van der Waals surface area contributed by atoms with E-state index in [9.17, 15) is 30.4 Å². The summed E-state index contributed by atoms with van der Waals surface area (Å²) in [6.07, 6.45) is -1.35. The molecule has 0 atom stereocenters. The highest BCUT2D eigenvalue weighted by Gasteiger charge is 2.49. The molecule has 0 saturated heterocycles. The Morgan fingerprint density at radius 3 is 2.06 bits per heavy atom. The van der Waals surface area contributed by atoms with Crippen LogP contribution in [-0.2, 0) is 14.3 Å². The van der Waals surface area contributed by atoms with E-state index in [0.717, 1.165) is 0 Å². The van der Waals surface area contributed by atoms with Crippen LogP contribution < -0.4 is 0 Å². The van der Waals surface area contributed by atoms with Gasteiger partial charge in [-0.2, -0.15) is 21.6 Å². The summed E-state index contributed by atoms with van der Waals surface area (Å²) >= 11 is 0. The van der Waals surface area contributed by atoms with Crippen LogP contribution in [0.2, 0.25) is 0 Å². The fourth-order valence-electron chi connectivity index (χ4n) is 1.62. The normalized spacial score (nSPS) is 21.6. The van der Waals surface area contributed by atoms with Crippen LogP contribution in [-0.4, -0.2) is 19.8 Å². The molecule has 1 rings (SSSR count). The van der Waals surface area contributed by atoms with Crippen molar-refractivity contribution in [2.75, 3.05) is 0 Å². The second-order valence-electron chi connectivity index (χ2n) is 4.08. The van der Waals surface area contributed by atoms with Crippen molar-refractivity contribution in [3.8, 4) is 0 Å². The summed E-state index contributed by atoms with van der Waals surface area (Å²) in [6, 6.07) is 0. The third kappa shape index (κ3) is 3.56. The van der Waals surface area contributed by atoms with Gasteiger partial charge in [0.2, 0.25) is 5.92 Å². The summed E-state index contributed by atoms with van der Waals surface area (Å²) in [5, 5.41) is 0. The van der Waals surface area contributed by atoms with Gasteiger partial charge in [-0.3, -0.25) is 0 Å². The SMILES string of the molecule is C=C(OS(=O)(=O)C(F)(F)F)C1CCC(F)(F)CC1. The number of allylic oxidation sites excluding steroid dienone is 1. The molecule has 1 aliphatic carbocycles. The van der Waals surface area contributed by atoms with Gasteiger partial charge in [-0.05, 0) is 12.8 Å². The minimum atomic E-state index is -5.76. The maximum Gasteiger partial charge on any atom is 0.534 e. The van der Waals surface area contributed by atoms with Gasteiger partial charge in [0.25, 0.3) is 0 Å². The molecule has 106 valence electrons. The van der Waals surface area contributed by atoms with E-state index < -0.39 is 46.1 Å². The van der Waals surface area contributed by atoms with Crippen molar-refractivity contribution in [2.24, 2.45) is 5.92 Å². The van der Waals surface area contributed by atoms with Crippen LogP contribution in [0.4, 0.5) is 22.0 Å². The third-order valence-corrected chi connectivity index (χ3v) is 3.67. The highest BCUT2D eigenvalue weighted by molar-refractivity contribution is 7.87. The smallest absolute Gasteiger partial charge is 0.381 e. The van der Waals surface area contributed by atoms with Crippen LogP contribution in [0.3, 0.4) is 0 Å². The molecule has 1 saturated carbocycles. The van der Waals surface area contributed by atoms with E-state index in [1.807, 2.05) is 0 Å². The predicted octanol–water partition coefficient (Wildman–Crippen LogP) is 3.19. The second kappa shape index (κ2) is 4.67. The zero-order valence-corrected chi connectivity index (χ0v) is 9.95. The van der Waals surface area contributed by atoms with E-state index in [-0.39, 0.29) is 12.8 Å². The molecule has 0 radical (unpaired) electrons. The lowest BCUT2D eigenvalue weighted by atomic mass is 9.86. The first kappa shape index (κ1) is 15.2. The summed E-state index contributed by atoms with van der Waals surface area (Å²) < 4.78 is 86.8. The molecule has 0 amide bonds. The van der Waals surface area contributed by atoms with Gasteiger partial charge in [0.05, 0.1) is 0 Å². The molecule has 3 nitrogen and oxygen atoms in total. The van der Waals surface area contributed by atoms with Crippen LogP contribution in [0, 0.1) is 5.92 Å². The summed E-state index contributed by atoms with van der Waals surface area (Å²) in [7, 11) is -5.76. The number of hydrogen-bond acceptors (Lipinski definition) is 3. The van der Waals surface area contributed by atoms with Gasteiger partial charge in [0, 0.05) is 18.8 Å². The molecule has 0 aliphatic heterocycles. The molecule has 18 heavy (non-hydrogen) atoms. The molecule has 0 aromatic heterocycles. The van der Waals surface area contributed by atoms with Crippen molar-refractivity contribution < 1.29 is 34.6 Å². The van der Waals surface area contributed by atoms with Crippen LogP contribution in [0.15, 0.2) is 12.3 Å². The average molecular weight is 294 g/mol. The first-order chi connectivity index (χ1) is 7.95. The Balaban J connectivity index is 2.64. The minimum absolute atomic E-state index is 0.154. The fourth-order valence-corrected chi connectivity index (χ4v) is 2.13. The largest absolute Gasteiger partial charge is 0.534 e. The molecule has 0 unspecified atom stereocenters. The molecule has 0 heterocycles. The zero-order valence-electron chi connectivity index (χ0n) is 9.14. The highest BCUT2D eigenvalue weighted by atomic mass is 32.2. The van der Waals surface area contributed by atoms with Crippen molar-refractivity contribution in [3.05, 3.63) is 12.3 Å². The quantitative estimate of drug-likeness (QED) is 0.347. The van der Waals surface area contributed by atoms with Gasteiger partial charge in [0.1, 0.15) is 5.76 Å².